The van der Waals surface area contributed by atoms with E-state index >= 15 is 0 Å². The predicted molar refractivity (Wildman–Crippen MR) is 54.6 cm³/mol. The quantitative estimate of drug-likeness (QED) is 0.663. The summed E-state index contributed by atoms with van der Waals surface area (Å²) in [7, 11) is 1.99. The number of fused-ring (bicyclic) bond motifs is 1. The first-order chi connectivity index (χ1) is 6.13. The van der Waals surface area contributed by atoms with Gasteiger partial charge in [-0.05, 0) is 25.5 Å². The van der Waals surface area contributed by atoms with E-state index in [2.05, 4.69) is 11.9 Å². The Morgan fingerprint density at radius 1 is 1.38 bits per heavy atom. The van der Waals surface area contributed by atoms with Crippen molar-refractivity contribution in [2.24, 2.45) is 7.05 Å². The predicted octanol–water partition coefficient (Wildman–Crippen LogP) is 1.77. The fourth-order valence-electron chi connectivity index (χ4n) is 1.65. The van der Waals surface area contributed by atoms with Crippen molar-refractivity contribution in [2.45, 2.75) is 13.8 Å². The number of pyridine rings is 1. The minimum absolute atomic E-state index is 0.850. The summed E-state index contributed by atoms with van der Waals surface area (Å²) in [6.07, 6.45) is 1.82. The largest absolute Gasteiger partial charge is 0.397 e. The molecular formula is C10H13N3. The van der Waals surface area contributed by atoms with Crippen LogP contribution in [0.5, 0.6) is 0 Å². The second-order valence-electron chi connectivity index (χ2n) is 3.38. The lowest BCUT2D eigenvalue weighted by molar-refractivity contribution is 0.903. The zero-order chi connectivity index (χ0) is 9.59. The first-order valence-corrected chi connectivity index (χ1v) is 4.29. The molecule has 3 heteroatoms. The van der Waals surface area contributed by atoms with E-state index in [-0.39, 0.29) is 0 Å². The SMILES string of the molecule is Cc1ccnc2c1c(N)c(C)n2C. The second-order valence-corrected chi connectivity index (χ2v) is 3.38. The van der Waals surface area contributed by atoms with Crippen LogP contribution in [0, 0.1) is 13.8 Å². The number of rotatable bonds is 0. The van der Waals surface area contributed by atoms with Gasteiger partial charge in [0.05, 0.1) is 5.69 Å². The van der Waals surface area contributed by atoms with Crippen LogP contribution in [0.15, 0.2) is 12.3 Å². The van der Waals surface area contributed by atoms with Gasteiger partial charge in [-0.3, -0.25) is 0 Å². The van der Waals surface area contributed by atoms with E-state index in [9.17, 15) is 0 Å². The van der Waals surface area contributed by atoms with Gasteiger partial charge in [0.25, 0.3) is 0 Å². The van der Waals surface area contributed by atoms with Crippen LogP contribution in [-0.2, 0) is 7.05 Å². The van der Waals surface area contributed by atoms with Gasteiger partial charge in [-0.15, -0.1) is 0 Å². The lowest BCUT2D eigenvalue weighted by atomic mass is 10.2. The van der Waals surface area contributed by atoms with E-state index in [1.54, 1.807) is 0 Å². The van der Waals surface area contributed by atoms with Crippen LogP contribution < -0.4 is 5.73 Å². The first-order valence-electron chi connectivity index (χ1n) is 4.29. The van der Waals surface area contributed by atoms with Gasteiger partial charge in [0.1, 0.15) is 5.65 Å². The lowest BCUT2D eigenvalue weighted by Crippen LogP contribution is -1.92. The molecule has 0 aromatic carbocycles. The van der Waals surface area contributed by atoms with Crippen LogP contribution in [0.25, 0.3) is 11.0 Å². The van der Waals surface area contributed by atoms with Crippen molar-refractivity contribution in [2.75, 3.05) is 5.73 Å². The van der Waals surface area contributed by atoms with Crippen molar-refractivity contribution in [3.05, 3.63) is 23.5 Å². The summed E-state index contributed by atoms with van der Waals surface area (Å²) < 4.78 is 2.03. The summed E-state index contributed by atoms with van der Waals surface area (Å²) in [4.78, 5) is 4.31. The Bertz CT molecular complexity index is 468. The lowest BCUT2D eigenvalue weighted by Gasteiger charge is -1.97. The van der Waals surface area contributed by atoms with Crippen molar-refractivity contribution in [3.8, 4) is 0 Å². The fourth-order valence-corrected chi connectivity index (χ4v) is 1.65. The topological polar surface area (TPSA) is 43.8 Å². The number of anilines is 1. The molecule has 2 heterocycles. The molecule has 0 fully saturated rings. The van der Waals surface area contributed by atoms with Gasteiger partial charge < -0.3 is 10.3 Å². The summed E-state index contributed by atoms with van der Waals surface area (Å²) in [6, 6.07) is 1.98. The van der Waals surface area contributed by atoms with E-state index < -0.39 is 0 Å². The Hall–Kier alpha value is -1.51. The minimum atomic E-state index is 0.850. The molecule has 0 spiro atoms. The molecule has 3 nitrogen and oxygen atoms in total. The van der Waals surface area contributed by atoms with E-state index in [4.69, 9.17) is 5.73 Å². The van der Waals surface area contributed by atoms with E-state index in [0.717, 1.165) is 22.4 Å². The van der Waals surface area contributed by atoms with Gasteiger partial charge in [-0.25, -0.2) is 4.98 Å². The Labute approximate surface area is 77.2 Å². The molecule has 0 saturated carbocycles. The number of nitrogens with two attached hydrogens (primary N) is 1. The zero-order valence-electron chi connectivity index (χ0n) is 8.13. The zero-order valence-corrected chi connectivity index (χ0v) is 8.13. The smallest absolute Gasteiger partial charge is 0.142 e. The van der Waals surface area contributed by atoms with Crippen molar-refractivity contribution >= 4 is 16.7 Å². The number of nitrogen functional groups attached to an aromatic ring is 1. The van der Waals surface area contributed by atoms with Crippen LogP contribution in [0.3, 0.4) is 0 Å². The molecule has 0 aliphatic rings. The summed E-state index contributed by atoms with van der Waals surface area (Å²) in [6.45, 7) is 4.07. The van der Waals surface area contributed by atoms with Crippen molar-refractivity contribution in [1.82, 2.24) is 9.55 Å². The van der Waals surface area contributed by atoms with Gasteiger partial charge in [0.15, 0.2) is 0 Å². The van der Waals surface area contributed by atoms with Gasteiger partial charge in [-0.1, -0.05) is 0 Å². The molecule has 13 heavy (non-hydrogen) atoms. The molecule has 0 aliphatic carbocycles. The molecule has 2 aromatic rings. The third-order valence-electron chi connectivity index (χ3n) is 2.62. The summed E-state index contributed by atoms with van der Waals surface area (Å²) in [5.74, 6) is 0. The van der Waals surface area contributed by atoms with E-state index in [0.29, 0.717) is 0 Å². The maximum absolute atomic E-state index is 5.98. The van der Waals surface area contributed by atoms with Crippen LogP contribution in [0.4, 0.5) is 5.69 Å². The molecule has 0 atom stereocenters. The third kappa shape index (κ3) is 0.932. The summed E-state index contributed by atoms with van der Waals surface area (Å²) in [5.41, 5.74) is 10.1. The molecule has 0 unspecified atom stereocenters. The van der Waals surface area contributed by atoms with Gasteiger partial charge >= 0.3 is 0 Å². The highest BCUT2D eigenvalue weighted by atomic mass is 15.0. The molecule has 0 aliphatic heterocycles. The fraction of sp³-hybridized carbons (Fsp3) is 0.300. The van der Waals surface area contributed by atoms with Crippen LogP contribution >= 0.6 is 0 Å². The first kappa shape index (κ1) is 8.10. The molecule has 2 aromatic heterocycles. The average molecular weight is 175 g/mol. The number of nitrogens with zero attached hydrogens (tertiary/aromatic N) is 2. The van der Waals surface area contributed by atoms with Gasteiger partial charge in [-0.2, -0.15) is 0 Å². The number of hydrogen-bond donors (Lipinski definition) is 1. The Kier molecular flexibility index (Phi) is 1.55. The minimum Gasteiger partial charge on any atom is -0.397 e. The summed E-state index contributed by atoms with van der Waals surface area (Å²) in [5, 5.41) is 1.09. The molecule has 68 valence electrons. The molecule has 0 radical (unpaired) electrons. The number of aromatic nitrogens is 2. The molecule has 2 rings (SSSR count). The second kappa shape index (κ2) is 2.49. The van der Waals surface area contributed by atoms with E-state index in [1.165, 1.54) is 5.56 Å². The molecular weight excluding hydrogens is 162 g/mol. The maximum atomic E-state index is 5.98. The molecule has 0 saturated heterocycles. The van der Waals surface area contributed by atoms with E-state index in [1.807, 2.05) is 30.8 Å². The Balaban J connectivity index is 3.03. The number of aryl methyl sites for hydroxylation is 2. The molecule has 0 amide bonds. The van der Waals surface area contributed by atoms with Crippen LogP contribution in [-0.4, -0.2) is 9.55 Å². The van der Waals surface area contributed by atoms with Crippen molar-refractivity contribution in [1.29, 1.82) is 0 Å². The monoisotopic (exact) mass is 175 g/mol. The number of hydrogen-bond acceptors (Lipinski definition) is 2. The van der Waals surface area contributed by atoms with Crippen LogP contribution in [0.2, 0.25) is 0 Å². The maximum Gasteiger partial charge on any atom is 0.142 e. The average Bonchev–Trinajstić information content (AvgIpc) is 2.33. The Morgan fingerprint density at radius 2 is 2.08 bits per heavy atom. The highest BCUT2D eigenvalue weighted by Gasteiger charge is 2.10. The van der Waals surface area contributed by atoms with Gasteiger partial charge in [0.2, 0.25) is 0 Å². The van der Waals surface area contributed by atoms with Gasteiger partial charge in [0, 0.05) is 24.3 Å². The highest BCUT2D eigenvalue weighted by Crippen LogP contribution is 2.27. The highest BCUT2D eigenvalue weighted by molar-refractivity contribution is 5.93. The van der Waals surface area contributed by atoms with Crippen molar-refractivity contribution < 1.29 is 0 Å². The molecule has 0 bridgehead atoms. The molecule has 2 N–H and O–H groups in total. The Morgan fingerprint density at radius 3 is 2.69 bits per heavy atom. The summed E-state index contributed by atoms with van der Waals surface area (Å²) >= 11 is 0. The third-order valence-corrected chi connectivity index (χ3v) is 2.62. The van der Waals surface area contributed by atoms with Crippen LogP contribution in [0.1, 0.15) is 11.3 Å². The standard InChI is InChI=1S/C10H13N3/c1-6-4-5-12-10-8(6)9(11)7(2)13(10)3/h4-5H,11H2,1-3H3. The normalized spacial score (nSPS) is 11.0. The van der Waals surface area contributed by atoms with Crippen molar-refractivity contribution in [3.63, 3.8) is 0 Å².